The molecule has 4 heteroatoms. The number of nitrogens with one attached hydrogen (secondary N) is 1. The van der Waals surface area contributed by atoms with Gasteiger partial charge in [0.15, 0.2) is 0 Å². The number of rotatable bonds is 4. The van der Waals surface area contributed by atoms with Crippen LogP contribution in [-0.2, 0) is 6.54 Å². The summed E-state index contributed by atoms with van der Waals surface area (Å²) in [4.78, 5) is 5.78. The molecule has 126 valence electrons. The highest BCUT2D eigenvalue weighted by atomic mass is 16.5. The Morgan fingerprint density at radius 2 is 1.72 bits per heavy atom. The molecule has 0 radical (unpaired) electrons. The monoisotopic (exact) mass is 331 g/mol. The van der Waals surface area contributed by atoms with Crippen molar-refractivity contribution in [3.63, 3.8) is 0 Å². The summed E-state index contributed by atoms with van der Waals surface area (Å²) in [5.41, 5.74) is 6.47. The van der Waals surface area contributed by atoms with E-state index in [0.717, 1.165) is 40.3 Å². The Morgan fingerprint density at radius 1 is 1.00 bits per heavy atom. The van der Waals surface area contributed by atoms with E-state index >= 15 is 0 Å². The van der Waals surface area contributed by atoms with Crippen molar-refractivity contribution in [3.8, 4) is 22.5 Å². The first-order valence-electron chi connectivity index (χ1n) is 8.41. The average molecular weight is 331 g/mol. The molecule has 0 aliphatic rings. The van der Waals surface area contributed by atoms with Gasteiger partial charge in [0.25, 0.3) is 0 Å². The molecular formula is C21H21N3O. The van der Waals surface area contributed by atoms with Crippen LogP contribution in [0, 0.1) is 6.92 Å². The number of H-pyrrole nitrogens is 1. The number of hydrogen-bond donors (Lipinski definition) is 1. The lowest BCUT2D eigenvalue weighted by molar-refractivity contribution is 0.399. The van der Waals surface area contributed by atoms with Gasteiger partial charge in [0.05, 0.1) is 11.3 Å². The van der Waals surface area contributed by atoms with Crippen molar-refractivity contribution in [3.05, 3.63) is 65.9 Å². The summed E-state index contributed by atoms with van der Waals surface area (Å²) in [6.07, 6.45) is 0. The molecule has 0 saturated heterocycles. The van der Waals surface area contributed by atoms with E-state index in [2.05, 4.69) is 65.5 Å². The van der Waals surface area contributed by atoms with Gasteiger partial charge in [0.2, 0.25) is 0 Å². The van der Waals surface area contributed by atoms with Crippen LogP contribution in [0.25, 0.3) is 33.4 Å². The highest BCUT2D eigenvalue weighted by molar-refractivity contribution is 5.94. The van der Waals surface area contributed by atoms with Crippen molar-refractivity contribution in [2.75, 3.05) is 14.1 Å². The number of aromatic amines is 1. The fourth-order valence-electron chi connectivity index (χ4n) is 3.35. The molecule has 25 heavy (non-hydrogen) atoms. The summed E-state index contributed by atoms with van der Waals surface area (Å²) in [6.45, 7) is 2.82. The van der Waals surface area contributed by atoms with Gasteiger partial charge in [-0.15, -0.1) is 0 Å². The molecule has 2 aromatic heterocycles. The number of fused-ring (bicyclic) bond motifs is 1. The second-order valence-electron chi connectivity index (χ2n) is 6.59. The van der Waals surface area contributed by atoms with Crippen molar-refractivity contribution in [2.24, 2.45) is 0 Å². The average Bonchev–Trinajstić information content (AvgIpc) is 3.16. The topological polar surface area (TPSA) is 45.1 Å². The molecule has 0 spiro atoms. The van der Waals surface area contributed by atoms with Gasteiger partial charge in [0, 0.05) is 23.0 Å². The maximum Gasteiger partial charge on any atom is 0.143 e. The maximum atomic E-state index is 5.58. The summed E-state index contributed by atoms with van der Waals surface area (Å²) in [7, 11) is 4.17. The Kier molecular flexibility index (Phi) is 3.90. The largest absolute Gasteiger partial charge is 0.360 e. The lowest BCUT2D eigenvalue weighted by Crippen LogP contribution is -2.11. The van der Waals surface area contributed by atoms with Gasteiger partial charge in [0.1, 0.15) is 11.5 Å². The summed E-state index contributed by atoms with van der Waals surface area (Å²) < 4.78 is 5.58. The van der Waals surface area contributed by atoms with Crippen LogP contribution in [0.5, 0.6) is 0 Å². The van der Waals surface area contributed by atoms with Crippen LogP contribution in [0.1, 0.15) is 11.3 Å². The molecule has 0 fully saturated rings. The van der Waals surface area contributed by atoms with Crippen molar-refractivity contribution < 1.29 is 4.52 Å². The van der Waals surface area contributed by atoms with Gasteiger partial charge in [-0.1, -0.05) is 53.7 Å². The minimum atomic E-state index is 0.824. The first kappa shape index (κ1) is 15.7. The normalized spacial score (nSPS) is 11.5. The van der Waals surface area contributed by atoms with Crippen molar-refractivity contribution in [2.45, 2.75) is 13.5 Å². The predicted octanol–water partition coefficient (Wildman–Crippen LogP) is 4.86. The van der Waals surface area contributed by atoms with Crippen LogP contribution in [0.4, 0.5) is 0 Å². The predicted molar refractivity (Wildman–Crippen MR) is 101 cm³/mol. The Balaban J connectivity index is 1.98. The Hall–Kier alpha value is -2.85. The molecule has 2 heterocycles. The molecule has 0 aliphatic heterocycles. The van der Waals surface area contributed by atoms with E-state index in [4.69, 9.17) is 4.52 Å². The number of para-hydroxylation sites is 1. The van der Waals surface area contributed by atoms with Crippen molar-refractivity contribution in [1.82, 2.24) is 15.0 Å². The van der Waals surface area contributed by atoms with Crippen LogP contribution in [0.2, 0.25) is 0 Å². The highest BCUT2D eigenvalue weighted by Crippen LogP contribution is 2.38. The van der Waals surface area contributed by atoms with E-state index in [1.807, 2.05) is 25.1 Å². The standard InChI is InChI=1S/C21H21N3O/c1-14-19(20(23-25-14)15-9-5-4-6-10-15)21-17(13-24(2)3)16-11-7-8-12-18(16)22-21/h4-12,22H,13H2,1-3H3. The molecule has 0 amide bonds. The SMILES string of the molecule is Cc1onc(-c2ccccc2)c1-c1[nH]c2ccccc2c1CN(C)C. The summed E-state index contributed by atoms with van der Waals surface area (Å²) in [5.74, 6) is 0.824. The van der Waals surface area contributed by atoms with E-state index in [-0.39, 0.29) is 0 Å². The fourth-order valence-corrected chi connectivity index (χ4v) is 3.35. The number of aryl methyl sites for hydroxylation is 1. The Morgan fingerprint density at radius 3 is 2.48 bits per heavy atom. The zero-order valence-electron chi connectivity index (χ0n) is 14.7. The van der Waals surface area contributed by atoms with Crippen molar-refractivity contribution in [1.29, 1.82) is 0 Å². The molecular weight excluding hydrogens is 310 g/mol. The first-order chi connectivity index (χ1) is 12.1. The lowest BCUT2D eigenvalue weighted by atomic mass is 10.00. The zero-order chi connectivity index (χ0) is 17.4. The smallest absolute Gasteiger partial charge is 0.143 e. The zero-order valence-corrected chi connectivity index (χ0v) is 14.7. The van der Waals surface area contributed by atoms with Crippen molar-refractivity contribution >= 4 is 10.9 Å². The number of benzene rings is 2. The van der Waals surface area contributed by atoms with Crippen LogP contribution >= 0.6 is 0 Å². The first-order valence-corrected chi connectivity index (χ1v) is 8.41. The molecule has 4 nitrogen and oxygen atoms in total. The minimum Gasteiger partial charge on any atom is -0.360 e. The lowest BCUT2D eigenvalue weighted by Gasteiger charge is -2.11. The van der Waals surface area contributed by atoms with E-state index in [1.54, 1.807) is 0 Å². The number of hydrogen-bond acceptors (Lipinski definition) is 3. The quantitative estimate of drug-likeness (QED) is 0.581. The summed E-state index contributed by atoms with van der Waals surface area (Å²) in [6, 6.07) is 18.6. The molecule has 0 saturated carbocycles. The third-order valence-corrected chi connectivity index (χ3v) is 4.45. The van der Waals surface area contributed by atoms with Gasteiger partial charge in [-0.05, 0) is 32.6 Å². The van der Waals surface area contributed by atoms with Crippen LogP contribution in [-0.4, -0.2) is 29.1 Å². The van der Waals surface area contributed by atoms with E-state index in [9.17, 15) is 0 Å². The van der Waals surface area contributed by atoms with Gasteiger partial charge in [-0.25, -0.2) is 0 Å². The summed E-state index contributed by atoms with van der Waals surface area (Å²) in [5, 5.41) is 5.59. The fraction of sp³-hybridized carbons (Fsp3) is 0.190. The second kappa shape index (κ2) is 6.22. The number of nitrogens with zero attached hydrogens (tertiary/aromatic N) is 2. The van der Waals surface area contributed by atoms with E-state index < -0.39 is 0 Å². The molecule has 1 N–H and O–H groups in total. The van der Waals surface area contributed by atoms with Gasteiger partial charge in [-0.2, -0.15) is 0 Å². The molecule has 4 rings (SSSR count). The van der Waals surface area contributed by atoms with Gasteiger partial charge in [-0.3, -0.25) is 0 Å². The Bertz CT molecular complexity index is 1010. The van der Waals surface area contributed by atoms with E-state index in [0.29, 0.717) is 0 Å². The molecule has 0 bridgehead atoms. The van der Waals surface area contributed by atoms with E-state index in [1.165, 1.54) is 10.9 Å². The molecule has 0 atom stereocenters. The minimum absolute atomic E-state index is 0.824. The Labute approximate surface area is 147 Å². The third-order valence-electron chi connectivity index (χ3n) is 4.45. The molecule has 0 aliphatic carbocycles. The third kappa shape index (κ3) is 2.75. The highest BCUT2D eigenvalue weighted by Gasteiger charge is 2.22. The number of aromatic nitrogens is 2. The van der Waals surface area contributed by atoms with Crippen LogP contribution in [0.3, 0.4) is 0 Å². The second-order valence-corrected chi connectivity index (χ2v) is 6.59. The maximum absolute atomic E-state index is 5.58. The van der Waals surface area contributed by atoms with Crippen LogP contribution < -0.4 is 0 Å². The summed E-state index contributed by atoms with van der Waals surface area (Å²) >= 11 is 0. The molecule has 0 unspecified atom stereocenters. The van der Waals surface area contributed by atoms with Crippen LogP contribution in [0.15, 0.2) is 59.1 Å². The van der Waals surface area contributed by atoms with Gasteiger partial charge >= 0.3 is 0 Å². The molecule has 4 aromatic rings. The van der Waals surface area contributed by atoms with Gasteiger partial charge < -0.3 is 14.4 Å². The molecule has 2 aromatic carbocycles.